The molecular formula is C15H16. The highest BCUT2D eigenvalue weighted by atomic mass is 14.1. The van der Waals surface area contributed by atoms with Crippen LogP contribution in [0.1, 0.15) is 32.6 Å². The second-order valence-corrected chi connectivity index (χ2v) is 3.92. The molecule has 0 saturated heterocycles. The third-order valence-electron chi connectivity index (χ3n) is 2.86. The van der Waals surface area contributed by atoms with Crippen molar-refractivity contribution in [2.45, 2.75) is 32.6 Å². The Labute approximate surface area is 92.1 Å². The van der Waals surface area contributed by atoms with Crippen molar-refractivity contribution in [1.29, 1.82) is 0 Å². The van der Waals surface area contributed by atoms with Crippen LogP contribution >= 0.6 is 0 Å². The minimum Gasteiger partial charge on any atom is -0.102 e. The minimum absolute atomic E-state index is 1.10. The van der Waals surface area contributed by atoms with Crippen molar-refractivity contribution in [3.05, 3.63) is 47.1 Å². The predicted molar refractivity (Wildman–Crippen MR) is 65.3 cm³/mol. The maximum absolute atomic E-state index is 3.14. The van der Waals surface area contributed by atoms with Crippen molar-refractivity contribution < 1.29 is 0 Å². The standard InChI is InChI=1S/C15H16/c1-2-6-13-9-11-15(12-10-13)14-7-4-3-5-8-14/h3-4,7,9,11H,5,8,10,12H2,1H3. The number of allylic oxidation sites excluding steroid dienone is 8. The molecule has 2 rings (SSSR count). The van der Waals surface area contributed by atoms with Crippen molar-refractivity contribution in [2.75, 3.05) is 0 Å². The molecule has 0 atom stereocenters. The van der Waals surface area contributed by atoms with Gasteiger partial charge in [0, 0.05) is 5.57 Å². The van der Waals surface area contributed by atoms with Crippen LogP contribution in [-0.4, -0.2) is 0 Å². The molecule has 0 radical (unpaired) electrons. The van der Waals surface area contributed by atoms with Gasteiger partial charge in [0.25, 0.3) is 0 Å². The summed E-state index contributed by atoms with van der Waals surface area (Å²) >= 11 is 0. The Hall–Kier alpha value is -1.48. The Balaban J connectivity index is 2.15. The van der Waals surface area contributed by atoms with E-state index in [4.69, 9.17) is 0 Å². The van der Waals surface area contributed by atoms with Gasteiger partial charge in [-0.3, -0.25) is 0 Å². The molecule has 0 aromatic carbocycles. The molecule has 0 spiro atoms. The van der Waals surface area contributed by atoms with Crippen molar-refractivity contribution >= 4 is 0 Å². The first-order valence-electron chi connectivity index (χ1n) is 5.58. The Bertz CT molecular complexity index is 417. The van der Waals surface area contributed by atoms with Gasteiger partial charge in [-0.2, -0.15) is 0 Å². The molecule has 0 nitrogen and oxygen atoms in total. The minimum atomic E-state index is 1.10. The van der Waals surface area contributed by atoms with Crippen LogP contribution in [-0.2, 0) is 0 Å². The zero-order valence-electron chi connectivity index (χ0n) is 9.22. The lowest BCUT2D eigenvalue weighted by atomic mass is 9.89. The van der Waals surface area contributed by atoms with E-state index in [0.29, 0.717) is 0 Å². The maximum Gasteiger partial charge on any atom is 0.00235 e. The second kappa shape index (κ2) is 4.84. The van der Waals surface area contributed by atoms with E-state index in [0.717, 1.165) is 12.8 Å². The summed E-state index contributed by atoms with van der Waals surface area (Å²) in [4.78, 5) is 0. The maximum atomic E-state index is 3.14. The fourth-order valence-corrected chi connectivity index (χ4v) is 2.04. The van der Waals surface area contributed by atoms with Crippen LogP contribution in [0.15, 0.2) is 47.1 Å². The fraction of sp³-hybridized carbons (Fsp3) is 0.333. The van der Waals surface area contributed by atoms with E-state index in [2.05, 4.69) is 42.2 Å². The molecule has 15 heavy (non-hydrogen) atoms. The summed E-state index contributed by atoms with van der Waals surface area (Å²) < 4.78 is 0. The summed E-state index contributed by atoms with van der Waals surface area (Å²) in [6.07, 6.45) is 15.7. The number of hydrogen-bond donors (Lipinski definition) is 0. The summed E-state index contributed by atoms with van der Waals surface area (Å²) in [5.41, 5.74) is 4.28. The van der Waals surface area contributed by atoms with E-state index >= 15 is 0 Å². The smallest absolute Gasteiger partial charge is 0.00235 e. The van der Waals surface area contributed by atoms with Gasteiger partial charge in [-0.15, -0.1) is 5.92 Å². The quantitative estimate of drug-likeness (QED) is 0.557. The summed E-state index contributed by atoms with van der Waals surface area (Å²) in [5.74, 6) is 6.10. The number of hydrogen-bond acceptors (Lipinski definition) is 0. The lowest BCUT2D eigenvalue weighted by Crippen LogP contribution is -1.97. The highest BCUT2D eigenvalue weighted by molar-refractivity contribution is 5.44. The Morgan fingerprint density at radius 2 is 1.87 bits per heavy atom. The SMILES string of the molecule is CC#CC1=CC=C(C2=CC=CCC2)CC1. The molecule has 0 N–H and O–H groups in total. The van der Waals surface area contributed by atoms with Gasteiger partial charge in [0.15, 0.2) is 0 Å². The molecule has 2 aliphatic carbocycles. The predicted octanol–water partition coefficient (Wildman–Crippen LogP) is 3.93. The van der Waals surface area contributed by atoms with E-state index in [9.17, 15) is 0 Å². The van der Waals surface area contributed by atoms with Gasteiger partial charge in [-0.25, -0.2) is 0 Å². The first-order valence-corrected chi connectivity index (χ1v) is 5.58. The first kappa shape index (κ1) is 10.1. The Morgan fingerprint density at radius 3 is 2.47 bits per heavy atom. The van der Waals surface area contributed by atoms with Gasteiger partial charge < -0.3 is 0 Å². The summed E-state index contributed by atoms with van der Waals surface area (Å²) in [6.45, 7) is 1.90. The van der Waals surface area contributed by atoms with Gasteiger partial charge in [-0.1, -0.05) is 36.3 Å². The van der Waals surface area contributed by atoms with Gasteiger partial charge >= 0.3 is 0 Å². The zero-order valence-corrected chi connectivity index (χ0v) is 9.22. The fourth-order valence-electron chi connectivity index (χ4n) is 2.04. The van der Waals surface area contributed by atoms with E-state index < -0.39 is 0 Å². The average Bonchev–Trinajstić information content (AvgIpc) is 2.32. The molecule has 0 heterocycles. The molecule has 76 valence electrons. The summed E-state index contributed by atoms with van der Waals surface area (Å²) in [5, 5.41) is 0. The number of rotatable bonds is 1. The molecular weight excluding hydrogens is 180 g/mol. The van der Waals surface area contributed by atoms with Crippen LogP contribution in [0.5, 0.6) is 0 Å². The third kappa shape index (κ3) is 2.50. The average molecular weight is 196 g/mol. The van der Waals surface area contributed by atoms with Crippen molar-refractivity contribution in [3.63, 3.8) is 0 Å². The monoisotopic (exact) mass is 196 g/mol. The lowest BCUT2D eigenvalue weighted by molar-refractivity contribution is 0.885. The van der Waals surface area contributed by atoms with E-state index in [-0.39, 0.29) is 0 Å². The molecule has 0 aromatic rings. The molecule has 0 aliphatic heterocycles. The Kier molecular flexibility index (Phi) is 3.25. The van der Waals surface area contributed by atoms with Crippen molar-refractivity contribution in [2.24, 2.45) is 0 Å². The third-order valence-corrected chi connectivity index (χ3v) is 2.86. The van der Waals surface area contributed by atoms with Crippen LogP contribution in [0, 0.1) is 11.8 Å². The Morgan fingerprint density at radius 1 is 1.00 bits per heavy atom. The molecule has 0 unspecified atom stereocenters. The van der Waals surface area contributed by atoms with Gasteiger partial charge in [0.1, 0.15) is 0 Å². The van der Waals surface area contributed by atoms with Gasteiger partial charge in [0.2, 0.25) is 0 Å². The molecule has 2 aliphatic rings. The largest absolute Gasteiger partial charge is 0.102 e. The zero-order chi connectivity index (χ0) is 10.5. The topological polar surface area (TPSA) is 0 Å². The molecule has 0 heteroatoms. The van der Waals surface area contributed by atoms with Crippen LogP contribution in [0.25, 0.3) is 0 Å². The molecule has 0 amide bonds. The van der Waals surface area contributed by atoms with Gasteiger partial charge in [-0.05, 0) is 43.8 Å². The highest BCUT2D eigenvalue weighted by Gasteiger charge is 2.09. The first-order chi connectivity index (χ1) is 7.40. The van der Waals surface area contributed by atoms with Crippen LogP contribution in [0.4, 0.5) is 0 Å². The molecule has 0 fully saturated rings. The van der Waals surface area contributed by atoms with Crippen LogP contribution in [0.3, 0.4) is 0 Å². The van der Waals surface area contributed by atoms with E-state index in [1.165, 1.54) is 29.6 Å². The highest BCUT2D eigenvalue weighted by Crippen LogP contribution is 2.28. The van der Waals surface area contributed by atoms with Gasteiger partial charge in [0.05, 0.1) is 0 Å². The van der Waals surface area contributed by atoms with Crippen LogP contribution < -0.4 is 0 Å². The molecule has 0 saturated carbocycles. The van der Waals surface area contributed by atoms with Crippen LogP contribution in [0.2, 0.25) is 0 Å². The second-order valence-electron chi connectivity index (χ2n) is 3.92. The normalized spacial score (nSPS) is 19.7. The van der Waals surface area contributed by atoms with E-state index in [1.807, 2.05) is 6.92 Å². The summed E-state index contributed by atoms with van der Waals surface area (Å²) in [6, 6.07) is 0. The lowest BCUT2D eigenvalue weighted by Gasteiger charge is -2.16. The van der Waals surface area contributed by atoms with Crippen molar-refractivity contribution in [1.82, 2.24) is 0 Å². The van der Waals surface area contributed by atoms with E-state index in [1.54, 1.807) is 0 Å². The summed E-state index contributed by atoms with van der Waals surface area (Å²) in [7, 11) is 0. The molecule has 0 bridgehead atoms. The van der Waals surface area contributed by atoms with Crippen molar-refractivity contribution in [3.8, 4) is 11.8 Å². The molecule has 0 aromatic heterocycles.